The van der Waals surface area contributed by atoms with Crippen LogP contribution >= 0.6 is 0 Å². The van der Waals surface area contributed by atoms with E-state index in [9.17, 15) is 0 Å². The third-order valence-corrected chi connectivity index (χ3v) is 12.5. The van der Waals surface area contributed by atoms with Crippen LogP contribution in [0.1, 0.15) is 37.3 Å². The van der Waals surface area contributed by atoms with Gasteiger partial charge in [0.2, 0.25) is 0 Å². The van der Waals surface area contributed by atoms with E-state index in [-0.39, 0.29) is 5.41 Å². The van der Waals surface area contributed by atoms with E-state index >= 15 is 0 Å². The van der Waals surface area contributed by atoms with Gasteiger partial charge in [-0.25, -0.2) is 0 Å². The molecule has 1 heteroatoms. The molecule has 56 heavy (non-hydrogen) atoms. The first-order chi connectivity index (χ1) is 27.7. The molecule has 0 fully saturated rings. The molecule has 0 spiro atoms. The SMILES string of the molecule is CC12CC=CC=C1C(c1cccc3ccccc13)=c1ccc(-c3ccc(-c4cc5ccccc5n4C4=CC=CCC4)cc3)cc1=C2c1cccc2ccccc12. The van der Waals surface area contributed by atoms with Crippen molar-refractivity contribution in [3.05, 3.63) is 221 Å². The fraction of sp³-hybridized carbons (Fsp3) is 0.0909. The number of nitrogens with zero attached hydrogens (tertiary/aromatic N) is 1. The second-order valence-corrected chi connectivity index (χ2v) is 15.7. The molecule has 0 radical (unpaired) electrons. The van der Waals surface area contributed by atoms with E-state index in [0.717, 1.165) is 19.3 Å². The highest BCUT2D eigenvalue weighted by molar-refractivity contribution is 6.03. The molecule has 266 valence electrons. The van der Waals surface area contributed by atoms with Crippen LogP contribution in [0.2, 0.25) is 0 Å². The summed E-state index contributed by atoms with van der Waals surface area (Å²) in [6, 6.07) is 59.0. The van der Waals surface area contributed by atoms with Crippen LogP contribution in [0, 0.1) is 5.41 Å². The minimum atomic E-state index is -0.239. The van der Waals surface area contributed by atoms with Crippen molar-refractivity contribution in [2.45, 2.75) is 26.2 Å². The van der Waals surface area contributed by atoms with Crippen molar-refractivity contribution in [2.75, 3.05) is 0 Å². The van der Waals surface area contributed by atoms with Crippen molar-refractivity contribution >= 4 is 49.3 Å². The molecular weight excluding hydrogens is 675 g/mol. The van der Waals surface area contributed by atoms with Gasteiger partial charge < -0.3 is 4.57 Å². The molecule has 1 aromatic heterocycles. The molecule has 0 aliphatic heterocycles. The van der Waals surface area contributed by atoms with Crippen LogP contribution in [0.3, 0.4) is 0 Å². The van der Waals surface area contributed by atoms with E-state index in [1.54, 1.807) is 0 Å². The van der Waals surface area contributed by atoms with Crippen LogP contribution < -0.4 is 10.4 Å². The standard InChI is InChI=1S/C55H41N/c1-55-34-12-11-26-50(55)53(46-24-13-18-38-15-5-8-22-44(38)46)47-33-32-41(35-49(47)54(55)48-25-14-19-39-16-6-9-23-45(39)48)37-28-30-40(31-29-37)52-36-42-17-7-10-27-51(42)56(52)43-20-3-2-4-21-43/h2-3,5-20,22-33,35-36H,4,21,34H2,1H3. The van der Waals surface area contributed by atoms with Gasteiger partial charge in [0.25, 0.3) is 0 Å². The highest BCUT2D eigenvalue weighted by Crippen LogP contribution is 2.52. The van der Waals surface area contributed by atoms with Crippen LogP contribution in [-0.2, 0) is 0 Å². The molecule has 0 bridgehead atoms. The lowest BCUT2D eigenvalue weighted by molar-refractivity contribution is 0.548. The molecule has 0 amide bonds. The summed E-state index contributed by atoms with van der Waals surface area (Å²) in [7, 11) is 0. The zero-order valence-electron chi connectivity index (χ0n) is 31.5. The molecular formula is C55H41N. The van der Waals surface area contributed by atoms with E-state index in [2.05, 4.69) is 206 Å². The first kappa shape index (κ1) is 32.7. The number of benzene rings is 7. The van der Waals surface area contributed by atoms with Crippen LogP contribution in [0.4, 0.5) is 0 Å². The molecule has 7 aromatic carbocycles. The van der Waals surface area contributed by atoms with Gasteiger partial charge in [0.1, 0.15) is 0 Å². The molecule has 8 aromatic rings. The van der Waals surface area contributed by atoms with E-state index in [1.807, 2.05) is 0 Å². The van der Waals surface area contributed by atoms with Crippen molar-refractivity contribution in [3.8, 4) is 22.4 Å². The zero-order chi connectivity index (χ0) is 37.2. The third kappa shape index (κ3) is 5.08. The van der Waals surface area contributed by atoms with Gasteiger partial charge in [0, 0.05) is 16.5 Å². The number of aromatic nitrogens is 1. The maximum atomic E-state index is 2.49. The van der Waals surface area contributed by atoms with Gasteiger partial charge >= 0.3 is 0 Å². The molecule has 1 atom stereocenters. The summed E-state index contributed by atoms with van der Waals surface area (Å²) in [5.74, 6) is 0. The molecule has 11 rings (SSSR count). The van der Waals surface area contributed by atoms with E-state index < -0.39 is 0 Å². The summed E-state index contributed by atoms with van der Waals surface area (Å²) in [6.45, 7) is 2.48. The van der Waals surface area contributed by atoms with Crippen molar-refractivity contribution in [1.29, 1.82) is 0 Å². The average molecular weight is 716 g/mol. The number of fused-ring (bicyclic) bond motifs is 5. The van der Waals surface area contributed by atoms with Crippen LogP contribution in [-0.4, -0.2) is 4.57 Å². The van der Waals surface area contributed by atoms with Gasteiger partial charge in [-0.2, -0.15) is 0 Å². The highest BCUT2D eigenvalue weighted by atomic mass is 15.0. The minimum absolute atomic E-state index is 0.239. The summed E-state index contributed by atoms with van der Waals surface area (Å²) in [6.07, 6.45) is 16.8. The second-order valence-electron chi connectivity index (χ2n) is 15.7. The maximum Gasteiger partial charge on any atom is 0.0537 e. The van der Waals surface area contributed by atoms with Crippen molar-refractivity contribution in [1.82, 2.24) is 4.57 Å². The summed E-state index contributed by atoms with van der Waals surface area (Å²) in [4.78, 5) is 0. The van der Waals surface area contributed by atoms with E-state index in [4.69, 9.17) is 0 Å². The molecule has 0 saturated heterocycles. The fourth-order valence-electron chi connectivity index (χ4n) is 9.85. The Morgan fingerprint density at radius 3 is 1.93 bits per heavy atom. The number of hydrogen-bond acceptors (Lipinski definition) is 0. The molecule has 1 nitrogen and oxygen atoms in total. The Morgan fingerprint density at radius 1 is 0.518 bits per heavy atom. The normalized spacial score (nSPS) is 17.6. The van der Waals surface area contributed by atoms with Gasteiger partial charge in [0.15, 0.2) is 0 Å². The van der Waals surface area contributed by atoms with Crippen molar-refractivity contribution < 1.29 is 0 Å². The Balaban J connectivity index is 1.17. The smallest absolute Gasteiger partial charge is 0.0537 e. The monoisotopic (exact) mass is 715 g/mol. The number of hydrogen-bond donors (Lipinski definition) is 0. The Labute approximate surface area is 327 Å². The van der Waals surface area contributed by atoms with Crippen molar-refractivity contribution in [3.63, 3.8) is 0 Å². The van der Waals surface area contributed by atoms with Gasteiger partial charge in [-0.1, -0.05) is 177 Å². The van der Waals surface area contributed by atoms with Gasteiger partial charge in [-0.3, -0.25) is 0 Å². The molecule has 1 unspecified atom stereocenters. The number of allylic oxidation sites excluding steroid dienone is 8. The third-order valence-electron chi connectivity index (χ3n) is 12.5. The quantitative estimate of drug-likeness (QED) is 0.167. The lowest BCUT2D eigenvalue weighted by Gasteiger charge is -2.41. The summed E-state index contributed by atoms with van der Waals surface area (Å²) in [5.41, 5.74) is 14.0. The average Bonchev–Trinajstić information content (AvgIpc) is 3.65. The van der Waals surface area contributed by atoms with Crippen LogP contribution in [0.15, 0.2) is 200 Å². The summed E-state index contributed by atoms with van der Waals surface area (Å²) >= 11 is 0. The largest absolute Gasteiger partial charge is 0.313 e. The van der Waals surface area contributed by atoms with Gasteiger partial charge in [-0.05, 0) is 120 Å². The van der Waals surface area contributed by atoms with Gasteiger partial charge in [0.05, 0.1) is 11.2 Å². The highest BCUT2D eigenvalue weighted by Gasteiger charge is 2.40. The molecule has 0 saturated carbocycles. The van der Waals surface area contributed by atoms with Crippen molar-refractivity contribution in [2.24, 2.45) is 5.41 Å². The molecule has 3 aliphatic carbocycles. The first-order valence-corrected chi connectivity index (χ1v) is 20.0. The molecule has 1 heterocycles. The van der Waals surface area contributed by atoms with Crippen LogP contribution in [0.25, 0.3) is 71.7 Å². The van der Waals surface area contributed by atoms with E-state index in [1.165, 1.54) is 98.8 Å². The Morgan fingerprint density at radius 2 is 1.16 bits per heavy atom. The topological polar surface area (TPSA) is 4.93 Å². The number of rotatable bonds is 5. The molecule has 3 aliphatic rings. The van der Waals surface area contributed by atoms with E-state index in [0.29, 0.717) is 0 Å². The maximum absolute atomic E-state index is 2.49. The lowest BCUT2D eigenvalue weighted by atomic mass is 9.62. The molecule has 0 N–H and O–H groups in total. The predicted molar refractivity (Wildman–Crippen MR) is 238 cm³/mol. The summed E-state index contributed by atoms with van der Waals surface area (Å²) < 4.78 is 2.47. The second kappa shape index (κ2) is 13.0. The predicted octanol–water partition coefficient (Wildman–Crippen LogP) is 12.8. The Kier molecular flexibility index (Phi) is 7.57. The first-order valence-electron chi connectivity index (χ1n) is 20.0. The lowest BCUT2D eigenvalue weighted by Crippen LogP contribution is -2.42. The zero-order valence-corrected chi connectivity index (χ0v) is 31.5. The van der Waals surface area contributed by atoms with Gasteiger partial charge in [-0.15, -0.1) is 0 Å². The Bertz CT molecular complexity index is 3150. The summed E-state index contributed by atoms with van der Waals surface area (Å²) in [5, 5.41) is 9.01. The van der Waals surface area contributed by atoms with Crippen LogP contribution in [0.5, 0.6) is 0 Å². The fourth-order valence-corrected chi connectivity index (χ4v) is 9.85. The number of para-hydroxylation sites is 1. The minimum Gasteiger partial charge on any atom is -0.313 e. The Hall–Kier alpha value is -6.70.